The minimum Gasteiger partial charge on any atom is -0.785 e. The van der Waals surface area contributed by atoms with E-state index in [1.54, 1.807) is 0 Å². The third-order valence-corrected chi connectivity index (χ3v) is 1.46. The molecular formula is C5H8NO2-. The summed E-state index contributed by atoms with van der Waals surface area (Å²) in [6.45, 7) is 0.610. The average Bonchev–Trinajstić information content (AvgIpc) is 1.79. The van der Waals surface area contributed by atoms with Crippen molar-refractivity contribution in [3.05, 3.63) is 5.21 Å². The molecule has 3 heteroatoms. The number of hydrogen-bond acceptors (Lipinski definition) is 3. The summed E-state index contributed by atoms with van der Waals surface area (Å²) in [5, 5.41) is 11.3. The first-order valence-corrected chi connectivity index (χ1v) is 2.72. The summed E-state index contributed by atoms with van der Waals surface area (Å²) >= 11 is 0. The summed E-state index contributed by atoms with van der Waals surface area (Å²) < 4.78 is 0. The zero-order chi connectivity index (χ0) is 5.98. The topological polar surface area (TPSA) is 43.4 Å². The predicted molar refractivity (Wildman–Crippen MR) is 29.2 cm³/mol. The lowest BCUT2D eigenvalue weighted by atomic mass is 10.0. The third kappa shape index (κ3) is 0.877. The van der Waals surface area contributed by atoms with Gasteiger partial charge in [0.2, 0.25) is 0 Å². The molecule has 0 aromatic carbocycles. The van der Waals surface area contributed by atoms with Gasteiger partial charge in [0.1, 0.15) is 6.29 Å². The second kappa shape index (κ2) is 2.24. The van der Waals surface area contributed by atoms with E-state index in [2.05, 4.69) is 0 Å². The van der Waals surface area contributed by atoms with Crippen molar-refractivity contribution in [1.29, 1.82) is 0 Å². The van der Waals surface area contributed by atoms with Crippen molar-refractivity contribution in [2.75, 3.05) is 6.54 Å². The Hall–Kier alpha value is -0.410. The van der Waals surface area contributed by atoms with Gasteiger partial charge < -0.3 is 15.1 Å². The molecular weight excluding hydrogens is 106 g/mol. The van der Waals surface area contributed by atoms with Crippen LogP contribution < -0.4 is 0 Å². The fraction of sp³-hybridized carbons (Fsp3) is 0.800. The molecule has 1 saturated heterocycles. The van der Waals surface area contributed by atoms with Crippen molar-refractivity contribution in [3.8, 4) is 0 Å². The molecule has 1 unspecified atom stereocenters. The predicted octanol–water partition coefficient (Wildman–Crippen LogP) is 0.147. The van der Waals surface area contributed by atoms with Gasteiger partial charge in [0, 0.05) is 12.5 Å². The van der Waals surface area contributed by atoms with E-state index in [4.69, 9.17) is 0 Å². The van der Waals surface area contributed by atoms with Crippen LogP contribution in [0.15, 0.2) is 0 Å². The van der Waals surface area contributed by atoms with Crippen molar-refractivity contribution in [3.63, 3.8) is 0 Å². The summed E-state index contributed by atoms with van der Waals surface area (Å²) in [4.78, 5) is 9.79. The highest BCUT2D eigenvalue weighted by molar-refractivity contribution is 5.50. The van der Waals surface area contributed by atoms with E-state index in [-0.39, 0.29) is 6.04 Å². The molecule has 1 heterocycles. The van der Waals surface area contributed by atoms with Gasteiger partial charge in [-0.15, -0.1) is 0 Å². The number of hydroxylamine groups is 2. The minimum absolute atomic E-state index is 0.00694. The molecule has 3 nitrogen and oxygen atoms in total. The van der Waals surface area contributed by atoms with Gasteiger partial charge in [-0.1, -0.05) is 0 Å². The highest BCUT2D eigenvalue weighted by Gasteiger charge is 2.18. The van der Waals surface area contributed by atoms with Crippen LogP contribution in [-0.2, 0) is 4.79 Å². The number of hydrogen-bond donors (Lipinski definition) is 0. The number of carbonyl (C=O) groups excluding carboxylic acids is 1. The molecule has 8 heavy (non-hydrogen) atoms. The zero-order valence-electron chi connectivity index (χ0n) is 4.54. The molecule has 0 spiro atoms. The summed E-state index contributed by atoms with van der Waals surface area (Å²) in [5.74, 6) is 0. The zero-order valence-corrected chi connectivity index (χ0v) is 4.54. The summed E-state index contributed by atoms with van der Waals surface area (Å²) in [6, 6.07) is 0.00694. The van der Waals surface area contributed by atoms with Gasteiger partial charge in [-0.2, -0.15) is 0 Å². The van der Waals surface area contributed by atoms with Crippen molar-refractivity contribution >= 4 is 6.29 Å². The highest BCUT2D eigenvalue weighted by atomic mass is 16.5. The first-order valence-electron chi connectivity index (χ1n) is 2.72. The van der Waals surface area contributed by atoms with Crippen molar-refractivity contribution < 1.29 is 4.79 Å². The Kier molecular flexibility index (Phi) is 1.60. The Labute approximate surface area is 47.9 Å². The number of carbonyl (C=O) groups is 1. The molecule has 0 aliphatic carbocycles. The van der Waals surface area contributed by atoms with Gasteiger partial charge in [-0.25, -0.2) is 0 Å². The van der Waals surface area contributed by atoms with Crippen molar-refractivity contribution in [2.24, 2.45) is 0 Å². The molecule has 0 aromatic heterocycles. The molecule has 0 aromatic rings. The highest BCUT2D eigenvalue weighted by Crippen LogP contribution is 2.16. The minimum atomic E-state index is 0.00694. The van der Waals surface area contributed by atoms with E-state index in [1.807, 2.05) is 0 Å². The number of aldehydes is 1. The molecule has 1 fully saturated rings. The van der Waals surface area contributed by atoms with Crippen LogP contribution in [0.2, 0.25) is 0 Å². The Morgan fingerprint density at radius 2 is 2.62 bits per heavy atom. The van der Waals surface area contributed by atoms with E-state index in [1.165, 1.54) is 0 Å². The lowest BCUT2D eigenvalue weighted by molar-refractivity contribution is -0.109. The van der Waals surface area contributed by atoms with Crippen LogP contribution in [0.4, 0.5) is 0 Å². The van der Waals surface area contributed by atoms with E-state index < -0.39 is 0 Å². The maximum Gasteiger partial charge on any atom is 0.121 e. The Morgan fingerprint density at radius 1 is 1.88 bits per heavy atom. The summed E-state index contributed by atoms with van der Waals surface area (Å²) in [7, 11) is 0. The molecule has 0 N–H and O–H groups in total. The van der Waals surface area contributed by atoms with Crippen LogP contribution in [0.3, 0.4) is 0 Å². The van der Waals surface area contributed by atoms with Crippen LogP contribution in [0.5, 0.6) is 0 Å². The van der Waals surface area contributed by atoms with Gasteiger partial charge in [0.15, 0.2) is 0 Å². The van der Waals surface area contributed by atoms with Crippen LogP contribution in [0.25, 0.3) is 0 Å². The van der Waals surface area contributed by atoms with Gasteiger partial charge in [0.25, 0.3) is 0 Å². The molecule has 1 aliphatic heterocycles. The lowest BCUT2D eigenvalue weighted by Gasteiger charge is -2.45. The molecule has 0 amide bonds. The molecule has 0 saturated carbocycles. The van der Waals surface area contributed by atoms with E-state index >= 15 is 0 Å². The van der Waals surface area contributed by atoms with Gasteiger partial charge >= 0.3 is 0 Å². The molecule has 1 rings (SSSR count). The quantitative estimate of drug-likeness (QED) is 0.480. The SMILES string of the molecule is O=CCC1CCN1[O-]. The van der Waals surface area contributed by atoms with Crippen molar-refractivity contribution in [2.45, 2.75) is 18.9 Å². The maximum absolute atomic E-state index is 10.4. The standard InChI is InChI=1S/C5H8NO2/c7-4-2-5-1-3-6(5)8/h4-5H,1-3H2/q-1. The van der Waals surface area contributed by atoms with Crippen molar-refractivity contribution in [1.82, 2.24) is 5.06 Å². The summed E-state index contributed by atoms with van der Waals surface area (Å²) in [5.41, 5.74) is 0. The third-order valence-electron chi connectivity index (χ3n) is 1.46. The number of nitrogens with zero attached hydrogens (tertiary/aromatic N) is 1. The Balaban J connectivity index is 2.16. The monoisotopic (exact) mass is 114 g/mol. The van der Waals surface area contributed by atoms with E-state index in [0.717, 1.165) is 17.8 Å². The molecule has 0 radical (unpaired) electrons. The second-order valence-electron chi connectivity index (χ2n) is 1.99. The van der Waals surface area contributed by atoms with Gasteiger partial charge in [0.05, 0.1) is 0 Å². The Bertz CT molecular complexity index is 94.4. The van der Waals surface area contributed by atoms with Gasteiger partial charge in [-0.3, -0.25) is 0 Å². The Morgan fingerprint density at radius 3 is 2.75 bits per heavy atom. The van der Waals surface area contributed by atoms with Crippen LogP contribution in [-0.4, -0.2) is 23.9 Å². The fourth-order valence-electron chi connectivity index (χ4n) is 0.764. The average molecular weight is 114 g/mol. The summed E-state index contributed by atoms with van der Waals surface area (Å²) in [6.07, 6.45) is 2.10. The fourth-order valence-corrected chi connectivity index (χ4v) is 0.764. The number of rotatable bonds is 2. The van der Waals surface area contributed by atoms with E-state index in [9.17, 15) is 10.0 Å². The van der Waals surface area contributed by atoms with E-state index in [0.29, 0.717) is 13.0 Å². The second-order valence-corrected chi connectivity index (χ2v) is 1.99. The molecule has 1 aliphatic rings. The molecule has 1 atom stereocenters. The first-order chi connectivity index (χ1) is 3.84. The lowest BCUT2D eigenvalue weighted by Crippen LogP contribution is -2.43. The normalized spacial score (nSPS) is 29.4. The van der Waals surface area contributed by atoms with Crippen LogP contribution in [0, 0.1) is 5.21 Å². The smallest absolute Gasteiger partial charge is 0.121 e. The molecule has 46 valence electrons. The van der Waals surface area contributed by atoms with Gasteiger partial charge in [-0.05, 0) is 13.0 Å². The van der Waals surface area contributed by atoms with Crippen LogP contribution >= 0.6 is 0 Å². The molecule has 0 bridgehead atoms. The first kappa shape index (κ1) is 5.72. The maximum atomic E-state index is 10.4. The van der Waals surface area contributed by atoms with Crippen LogP contribution in [0.1, 0.15) is 12.8 Å². The largest absolute Gasteiger partial charge is 0.785 e.